The van der Waals surface area contributed by atoms with Crippen molar-refractivity contribution in [1.82, 2.24) is 14.9 Å². The van der Waals surface area contributed by atoms with Crippen LogP contribution in [0, 0.1) is 20.8 Å². The van der Waals surface area contributed by atoms with Gasteiger partial charge in [0.15, 0.2) is 5.11 Å². The second-order valence-corrected chi connectivity index (χ2v) is 11.2. The molecule has 0 spiro atoms. The third-order valence-corrected chi connectivity index (χ3v) is 8.63. The van der Waals surface area contributed by atoms with E-state index in [0.717, 1.165) is 28.4 Å². The Hall–Kier alpha value is -3.64. The van der Waals surface area contributed by atoms with Crippen LogP contribution < -0.4 is 15.0 Å². The molecule has 1 saturated carbocycles. The Morgan fingerprint density at radius 2 is 1.64 bits per heavy atom. The molecule has 2 aromatic carbocycles. The first-order chi connectivity index (χ1) is 19.0. The van der Waals surface area contributed by atoms with E-state index in [1.54, 1.807) is 0 Å². The molecule has 0 unspecified atom stereocenters. The van der Waals surface area contributed by atoms with E-state index in [1.165, 1.54) is 49.1 Å². The fraction of sp³-hybridized carbons (Fsp3) is 0.333. The van der Waals surface area contributed by atoms with E-state index in [-0.39, 0.29) is 12.1 Å². The molecule has 6 heteroatoms. The molecule has 1 saturated heterocycles. The van der Waals surface area contributed by atoms with Gasteiger partial charge in [0.2, 0.25) is 0 Å². The minimum absolute atomic E-state index is 0.0147. The minimum Gasteiger partial charge on any atom is -0.457 e. The normalized spacial score (nSPS) is 19.8. The number of nitrogens with zero attached hydrogens (tertiary/aromatic N) is 3. The van der Waals surface area contributed by atoms with Crippen molar-refractivity contribution in [1.29, 1.82) is 0 Å². The van der Waals surface area contributed by atoms with Crippen LogP contribution in [0.15, 0.2) is 79.0 Å². The van der Waals surface area contributed by atoms with Crippen LogP contribution in [-0.2, 0) is 0 Å². The fourth-order valence-electron chi connectivity index (χ4n) is 6.42. The highest BCUT2D eigenvalue weighted by atomic mass is 32.1. The lowest BCUT2D eigenvalue weighted by atomic mass is 9.94. The third-order valence-electron chi connectivity index (χ3n) is 8.32. The summed E-state index contributed by atoms with van der Waals surface area (Å²) >= 11 is 5.99. The van der Waals surface area contributed by atoms with Gasteiger partial charge in [-0.3, -0.25) is 4.98 Å². The number of aromatic nitrogens is 2. The van der Waals surface area contributed by atoms with E-state index >= 15 is 0 Å². The number of ether oxygens (including phenoxy) is 1. The lowest BCUT2D eigenvalue weighted by molar-refractivity contribution is 0.345. The SMILES string of the molecule is Cc1ccccc1Oc1ccc(N2C(=S)N[C@H](c3ccccn3)[C@@H]2c2cc(C)n(C3CCCCC3)c2C)cc1. The van der Waals surface area contributed by atoms with Gasteiger partial charge in [0.1, 0.15) is 11.5 Å². The van der Waals surface area contributed by atoms with Gasteiger partial charge in [-0.1, -0.05) is 43.5 Å². The van der Waals surface area contributed by atoms with Crippen molar-refractivity contribution in [2.75, 3.05) is 4.90 Å². The number of aryl methyl sites for hydroxylation is 2. The quantitative estimate of drug-likeness (QED) is 0.251. The van der Waals surface area contributed by atoms with Gasteiger partial charge in [0.05, 0.1) is 17.8 Å². The Kier molecular flexibility index (Phi) is 7.13. The average molecular weight is 537 g/mol. The van der Waals surface area contributed by atoms with Crippen LogP contribution in [0.4, 0.5) is 5.69 Å². The predicted molar refractivity (Wildman–Crippen MR) is 162 cm³/mol. The van der Waals surface area contributed by atoms with Gasteiger partial charge in [-0.2, -0.15) is 0 Å². The van der Waals surface area contributed by atoms with Crippen LogP contribution in [0.25, 0.3) is 0 Å². The molecule has 1 N–H and O–H groups in total. The number of thiocarbonyl (C=S) groups is 1. The molecule has 6 rings (SSSR count). The molecule has 2 atom stereocenters. The van der Waals surface area contributed by atoms with Crippen molar-refractivity contribution >= 4 is 23.0 Å². The van der Waals surface area contributed by atoms with Crippen LogP contribution in [0.2, 0.25) is 0 Å². The Labute approximate surface area is 236 Å². The summed E-state index contributed by atoms with van der Waals surface area (Å²) in [5.41, 5.74) is 7.11. The molecule has 5 nitrogen and oxygen atoms in total. The van der Waals surface area contributed by atoms with Crippen LogP contribution in [0.5, 0.6) is 11.5 Å². The Balaban J connectivity index is 1.38. The molecule has 2 fully saturated rings. The van der Waals surface area contributed by atoms with E-state index in [1.807, 2.05) is 42.6 Å². The van der Waals surface area contributed by atoms with Crippen molar-refractivity contribution < 1.29 is 4.74 Å². The Morgan fingerprint density at radius 1 is 0.897 bits per heavy atom. The molecule has 0 bridgehead atoms. The maximum Gasteiger partial charge on any atom is 0.174 e. The number of rotatable bonds is 6. The largest absolute Gasteiger partial charge is 0.457 e. The van der Waals surface area contributed by atoms with E-state index in [2.05, 4.69) is 72.0 Å². The molecular weight excluding hydrogens is 500 g/mol. The molecule has 39 heavy (non-hydrogen) atoms. The molecule has 200 valence electrons. The highest BCUT2D eigenvalue weighted by Crippen LogP contribution is 2.45. The first kappa shape index (κ1) is 25.6. The monoisotopic (exact) mass is 536 g/mol. The topological polar surface area (TPSA) is 42.3 Å². The number of para-hydroxylation sites is 1. The standard InChI is InChI=1S/C33H36N4OS/c1-22-11-7-8-15-30(22)38-27-18-16-26(17-19-27)37-32(31(35-33(37)39)29-14-9-10-20-34-29)28-21-23(2)36(24(28)3)25-12-5-4-6-13-25/h7-11,14-21,25,31-32H,4-6,12-13H2,1-3H3,(H,35,39)/t31-,32+/m1/s1. The van der Waals surface area contributed by atoms with Crippen LogP contribution in [-0.4, -0.2) is 14.7 Å². The minimum atomic E-state index is -0.0538. The molecule has 1 aliphatic heterocycles. The second kappa shape index (κ2) is 10.9. The van der Waals surface area contributed by atoms with Gasteiger partial charge in [0.25, 0.3) is 0 Å². The zero-order valence-electron chi connectivity index (χ0n) is 22.9. The van der Waals surface area contributed by atoms with Gasteiger partial charge >= 0.3 is 0 Å². The van der Waals surface area contributed by atoms with E-state index in [0.29, 0.717) is 11.2 Å². The highest BCUT2D eigenvalue weighted by molar-refractivity contribution is 7.80. The molecule has 1 aliphatic carbocycles. The molecule has 2 aromatic heterocycles. The number of benzene rings is 2. The van der Waals surface area contributed by atoms with Crippen LogP contribution in [0.1, 0.15) is 78.4 Å². The smallest absolute Gasteiger partial charge is 0.174 e. The van der Waals surface area contributed by atoms with E-state index < -0.39 is 0 Å². The Bertz CT molecular complexity index is 1460. The lowest BCUT2D eigenvalue weighted by Gasteiger charge is -2.30. The van der Waals surface area contributed by atoms with Gasteiger partial charge in [-0.25, -0.2) is 0 Å². The zero-order valence-corrected chi connectivity index (χ0v) is 23.7. The van der Waals surface area contributed by atoms with Crippen LogP contribution in [0.3, 0.4) is 0 Å². The van der Waals surface area contributed by atoms with Crippen molar-refractivity contribution in [3.8, 4) is 11.5 Å². The number of hydrogen-bond acceptors (Lipinski definition) is 3. The average Bonchev–Trinajstić information content (AvgIpc) is 3.46. The van der Waals surface area contributed by atoms with Gasteiger partial charge in [0, 0.05) is 29.3 Å². The zero-order chi connectivity index (χ0) is 26.9. The van der Waals surface area contributed by atoms with Gasteiger partial charge in [-0.15, -0.1) is 0 Å². The van der Waals surface area contributed by atoms with E-state index in [9.17, 15) is 0 Å². The molecule has 0 radical (unpaired) electrons. The second-order valence-electron chi connectivity index (χ2n) is 10.8. The van der Waals surface area contributed by atoms with Crippen molar-refractivity contribution in [2.45, 2.75) is 71.0 Å². The highest BCUT2D eigenvalue weighted by Gasteiger charge is 2.42. The maximum atomic E-state index is 6.18. The molecule has 0 amide bonds. The molecule has 3 heterocycles. The molecular formula is C33H36N4OS. The summed E-state index contributed by atoms with van der Waals surface area (Å²) in [5.74, 6) is 1.67. The van der Waals surface area contributed by atoms with Crippen molar-refractivity contribution in [2.24, 2.45) is 0 Å². The Morgan fingerprint density at radius 3 is 2.36 bits per heavy atom. The summed E-state index contributed by atoms with van der Waals surface area (Å²) in [5, 5.41) is 4.33. The number of pyridine rings is 1. The van der Waals surface area contributed by atoms with Crippen molar-refractivity contribution in [3.05, 3.63) is 107 Å². The number of nitrogens with one attached hydrogen (secondary N) is 1. The van der Waals surface area contributed by atoms with Crippen LogP contribution >= 0.6 is 12.2 Å². The predicted octanol–water partition coefficient (Wildman–Crippen LogP) is 8.28. The molecule has 4 aromatic rings. The first-order valence-electron chi connectivity index (χ1n) is 14.0. The summed E-state index contributed by atoms with van der Waals surface area (Å²) in [6, 6.07) is 25.3. The van der Waals surface area contributed by atoms with Gasteiger partial charge in [-0.05, 0) is 105 Å². The third kappa shape index (κ3) is 4.94. The van der Waals surface area contributed by atoms with E-state index in [4.69, 9.17) is 21.9 Å². The summed E-state index contributed by atoms with van der Waals surface area (Å²) in [6.45, 7) is 6.60. The molecule has 2 aliphatic rings. The van der Waals surface area contributed by atoms with Gasteiger partial charge < -0.3 is 19.5 Å². The first-order valence-corrected chi connectivity index (χ1v) is 14.4. The summed E-state index contributed by atoms with van der Waals surface area (Å²) in [6.07, 6.45) is 8.35. The summed E-state index contributed by atoms with van der Waals surface area (Å²) in [4.78, 5) is 7.00. The summed E-state index contributed by atoms with van der Waals surface area (Å²) < 4.78 is 8.77. The maximum absolute atomic E-state index is 6.18. The summed E-state index contributed by atoms with van der Waals surface area (Å²) in [7, 11) is 0. The fourth-order valence-corrected chi connectivity index (χ4v) is 6.77. The lowest BCUT2D eigenvalue weighted by Crippen LogP contribution is -2.29. The number of hydrogen-bond donors (Lipinski definition) is 1. The number of anilines is 1. The van der Waals surface area contributed by atoms with Crippen molar-refractivity contribution in [3.63, 3.8) is 0 Å².